The van der Waals surface area contributed by atoms with Gasteiger partial charge in [0.05, 0.1) is 32.1 Å². The van der Waals surface area contributed by atoms with Gasteiger partial charge < -0.3 is 19.1 Å². The van der Waals surface area contributed by atoms with E-state index in [4.69, 9.17) is 24.2 Å². The zero-order valence-electron chi connectivity index (χ0n) is 17.8. The van der Waals surface area contributed by atoms with E-state index in [1.165, 1.54) is 12.8 Å². The molecule has 0 atom stereocenters. The molecule has 1 aromatic heterocycles. The minimum atomic E-state index is 0.598. The van der Waals surface area contributed by atoms with Gasteiger partial charge in [0.2, 0.25) is 5.88 Å². The van der Waals surface area contributed by atoms with Crippen molar-refractivity contribution in [3.8, 4) is 23.0 Å². The molecular formula is C22H31N3O3. The number of rotatable bonds is 9. The highest BCUT2D eigenvalue weighted by molar-refractivity contribution is 5.72. The van der Waals surface area contributed by atoms with Crippen LogP contribution in [-0.4, -0.2) is 51.0 Å². The lowest BCUT2D eigenvalue weighted by molar-refractivity contribution is 0.204. The number of methoxy groups -OCH3 is 3. The molecule has 6 nitrogen and oxygen atoms in total. The smallest absolute Gasteiger partial charge is 0.241 e. The van der Waals surface area contributed by atoms with Crippen LogP contribution in [0.25, 0.3) is 11.4 Å². The van der Waals surface area contributed by atoms with Crippen molar-refractivity contribution in [3.63, 3.8) is 0 Å². The summed E-state index contributed by atoms with van der Waals surface area (Å²) in [6, 6.07) is 4.13. The van der Waals surface area contributed by atoms with Crippen molar-refractivity contribution in [3.05, 3.63) is 29.0 Å². The van der Waals surface area contributed by atoms with Gasteiger partial charge in [0.1, 0.15) is 11.4 Å². The Bertz CT molecular complexity index is 834. The van der Waals surface area contributed by atoms with E-state index in [9.17, 15) is 0 Å². The molecule has 3 rings (SSSR count). The number of aryl methyl sites for hydroxylation is 3. The molecule has 0 amide bonds. The van der Waals surface area contributed by atoms with Crippen molar-refractivity contribution in [2.75, 3.05) is 45.9 Å². The molecule has 28 heavy (non-hydrogen) atoms. The molecule has 1 fully saturated rings. The van der Waals surface area contributed by atoms with E-state index in [0.29, 0.717) is 18.3 Å². The van der Waals surface area contributed by atoms with Crippen LogP contribution in [0, 0.1) is 26.7 Å². The van der Waals surface area contributed by atoms with Crippen molar-refractivity contribution >= 4 is 5.69 Å². The van der Waals surface area contributed by atoms with E-state index in [1.54, 1.807) is 21.3 Å². The topological polar surface area (TPSA) is 56.7 Å². The Balaban J connectivity index is 2.06. The van der Waals surface area contributed by atoms with Crippen molar-refractivity contribution < 1.29 is 14.2 Å². The highest BCUT2D eigenvalue weighted by atomic mass is 16.5. The minimum absolute atomic E-state index is 0.598. The molecule has 1 saturated carbocycles. The van der Waals surface area contributed by atoms with E-state index in [0.717, 1.165) is 52.8 Å². The Kier molecular flexibility index (Phi) is 6.39. The van der Waals surface area contributed by atoms with Crippen molar-refractivity contribution in [2.45, 2.75) is 33.6 Å². The van der Waals surface area contributed by atoms with Crippen molar-refractivity contribution in [2.24, 2.45) is 5.92 Å². The van der Waals surface area contributed by atoms with Crippen LogP contribution in [-0.2, 0) is 4.74 Å². The second kappa shape index (κ2) is 8.78. The number of ether oxygens (including phenoxy) is 3. The van der Waals surface area contributed by atoms with Crippen LogP contribution in [0.1, 0.15) is 29.7 Å². The van der Waals surface area contributed by atoms with Gasteiger partial charge in [-0.3, -0.25) is 0 Å². The average Bonchev–Trinajstić information content (AvgIpc) is 3.48. The number of nitrogens with zero attached hydrogens (tertiary/aromatic N) is 3. The van der Waals surface area contributed by atoms with Gasteiger partial charge in [-0.1, -0.05) is 6.07 Å². The van der Waals surface area contributed by atoms with E-state index >= 15 is 0 Å². The molecule has 0 N–H and O–H groups in total. The third kappa shape index (κ3) is 4.38. The van der Waals surface area contributed by atoms with Gasteiger partial charge in [0.15, 0.2) is 5.82 Å². The van der Waals surface area contributed by atoms with Crippen molar-refractivity contribution in [1.29, 1.82) is 0 Å². The highest BCUT2D eigenvalue weighted by Gasteiger charge is 2.28. The fourth-order valence-corrected chi connectivity index (χ4v) is 3.64. The molecule has 0 saturated heterocycles. The lowest BCUT2D eigenvalue weighted by Crippen LogP contribution is -2.31. The van der Waals surface area contributed by atoms with Crippen LogP contribution >= 0.6 is 0 Å². The van der Waals surface area contributed by atoms with Crippen LogP contribution in [0.3, 0.4) is 0 Å². The third-order valence-electron chi connectivity index (χ3n) is 5.16. The average molecular weight is 386 g/mol. The second-order valence-electron chi connectivity index (χ2n) is 7.53. The largest absolute Gasteiger partial charge is 0.496 e. The monoisotopic (exact) mass is 385 g/mol. The number of aromatic nitrogens is 2. The Hall–Kier alpha value is -2.34. The molecule has 1 aliphatic rings. The van der Waals surface area contributed by atoms with Gasteiger partial charge in [0.25, 0.3) is 0 Å². The quantitative estimate of drug-likeness (QED) is 0.651. The zero-order valence-corrected chi connectivity index (χ0v) is 17.8. The zero-order chi connectivity index (χ0) is 20.3. The summed E-state index contributed by atoms with van der Waals surface area (Å²) < 4.78 is 16.7. The van der Waals surface area contributed by atoms with E-state index in [-0.39, 0.29) is 0 Å². The summed E-state index contributed by atoms with van der Waals surface area (Å²) >= 11 is 0. The van der Waals surface area contributed by atoms with Gasteiger partial charge in [0, 0.05) is 20.2 Å². The Labute approximate surface area is 167 Å². The summed E-state index contributed by atoms with van der Waals surface area (Å²) in [7, 11) is 5.07. The molecule has 0 spiro atoms. The van der Waals surface area contributed by atoms with Crippen LogP contribution in [0.4, 0.5) is 5.69 Å². The molecule has 152 valence electrons. The van der Waals surface area contributed by atoms with Crippen LogP contribution < -0.4 is 14.4 Å². The summed E-state index contributed by atoms with van der Waals surface area (Å²) in [5, 5.41) is 0. The number of hydrogen-bond acceptors (Lipinski definition) is 6. The predicted molar refractivity (Wildman–Crippen MR) is 112 cm³/mol. The maximum atomic E-state index is 5.71. The van der Waals surface area contributed by atoms with Crippen molar-refractivity contribution in [1.82, 2.24) is 9.97 Å². The first-order chi connectivity index (χ1) is 13.5. The lowest BCUT2D eigenvalue weighted by atomic mass is 10.0. The molecule has 0 radical (unpaired) electrons. The standard InChI is InChI=1S/C22H31N3O3/c1-14-11-15(2)19(18(12-14)27-5)21-23-16(3)20(22(24-21)28-6)25(9-10-26-4)13-17-7-8-17/h11-12,17H,7-10,13H2,1-6H3. The fourth-order valence-electron chi connectivity index (χ4n) is 3.64. The minimum Gasteiger partial charge on any atom is -0.496 e. The molecule has 6 heteroatoms. The summed E-state index contributed by atoms with van der Waals surface area (Å²) in [5.74, 6) is 2.74. The van der Waals surface area contributed by atoms with Gasteiger partial charge in [-0.15, -0.1) is 0 Å². The Morgan fingerprint density at radius 2 is 1.79 bits per heavy atom. The first-order valence-electron chi connectivity index (χ1n) is 9.80. The maximum absolute atomic E-state index is 5.71. The number of anilines is 1. The van der Waals surface area contributed by atoms with Gasteiger partial charge >= 0.3 is 0 Å². The van der Waals surface area contributed by atoms with E-state index in [1.807, 2.05) is 13.0 Å². The molecule has 0 aliphatic heterocycles. The number of benzene rings is 1. The normalized spacial score (nSPS) is 13.5. The lowest BCUT2D eigenvalue weighted by Gasteiger charge is -2.27. The van der Waals surface area contributed by atoms with E-state index < -0.39 is 0 Å². The highest BCUT2D eigenvalue weighted by Crippen LogP contribution is 2.38. The molecule has 0 unspecified atom stereocenters. The van der Waals surface area contributed by atoms with Gasteiger partial charge in [-0.25, -0.2) is 4.98 Å². The SMILES string of the molecule is COCCN(CC1CC1)c1c(C)nc(-c2c(C)cc(C)cc2OC)nc1OC. The summed E-state index contributed by atoms with van der Waals surface area (Å²) in [6.07, 6.45) is 2.56. The second-order valence-corrected chi connectivity index (χ2v) is 7.53. The molecule has 1 heterocycles. The van der Waals surface area contributed by atoms with Gasteiger partial charge in [-0.05, 0) is 56.7 Å². The summed E-state index contributed by atoms with van der Waals surface area (Å²) in [5.41, 5.74) is 5.00. The van der Waals surface area contributed by atoms with Crippen LogP contribution in [0.2, 0.25) is 0 Å². The third-order valence-corrected chi connectivity index (χ3v) is 5.16. The van der Waals surface area contributed by atoms with Gasteiger partial charge in [-0.2, -0.15) is 4.98 Å². The van der Waals surface area contributed by atoms with Crippen LogP contribution in [0.15, 0.2) is 12.1 Å². The molecule has 0 bridgehead atoms. The predicted octanol–water partition coefficient (Wildman–Crippen LogP) is 3.95. The molecule has 2 aromatic rings. The van der Waals surface area contributed by atoms with E-state index in [2.05, 4.69) is 24.8 Å². The first kappa shape index (κ1) is 20.4. The Morgan fingerprint density at radius 1 is 1.04 bits per heavy atom. The fraction of sp³-hybridized carbons (Fsp3) is 0.545. The number of hydrogen-bond donors (Lipinski definition) is 0. The molecular weight excluding hydrogens is 354 g/mol. The summed E-state index contributed by atoms with van der Waals surface area (Å²) in [4.78, 5) is 11.9. The molecule has 1 aromatic carbocycles. The van der Waals surface area contributed by atoms with Crippen LogP contribution in [0.5, 0.6) is 11.6 Å². The first-order valence-corrected chi connectivity index (χ1v) is 9.80. The summed E-state index contributed by atoms with van der Waals surface area (Å²) in [6.45, 7) is 8.56. The maximum Gasteiger partial charge on any atom is 0.241 e. The molecule has 1 aliphatic carbocycles. The Morgan fingerprint density at radius 3 is 2.39 bits per heavy atom.